The lowest BCUT2D eigenvalue weighted by Crippen LogP contribution is -2.31. The summed E-state index contributed by atoms with van der Waals surface area (Å²) in [6, 6.07) is -0.605. The third-order valence-electron chi connectivity index (χ3n) is 1.31. The molecule has 1 unspecified atom stereocenters. The van der Waals surface area contributed by atoms with Crippen LogP contribution in [0.5, 0.6) is 0 Å². The van der Waals surface area contributed by atoms with Crippen LogP contribution in [0.3, 0.4) is 0 Å². The molecule has 1 atom stereocenters. The number of amides is 1. The summed E-state index contributed by atoms with van der Waals surface area (Å²) < 4.78 is 0. The number of hydrogen-bond donors (Lipinski definition) is 2. The highest BCUT2D eigenvalue weighted by Crippen LogP contribution is 1.96. The Morgan fingerprint density at radius 3 is 2.50 bits per heavy atom. The lowest BCUT2D eigenvalue weighted by atomic mass is 10.1. The van der Waals surface area contributed by atoms with E-state index < -0.39 is 11.9 Å². The smallest absolute Gasteiger partial charge is 0.255 e. The molecule has 4 heteroatoms. The van der Waals surface area contributed by atoms with Crippen LogP contribution in [0.4, 0.5) is 0 Å². The first-order valence-corrected chi connectivity index (χ1v) is 3.39. The van der Waals surface area contributed by atoms with E-state index in [-0.39, 0.29) is 0 Å². The Labute approximate surface area is 60.7 Å². The van der Waals surface area contributed by atoms with Crippen molar-refractivity contribution < 1.29 is 4.79 Å². The summed E-state index contributed by atoms with van der Waals surface area (Å²) in [5, 5.41) is 0. The van der Waals surface area contributed by atoms with Crippen molar-refractivity contribution in [3.05, 3.63) is 0 Å². The third-order valence-corrected chi connectivity index (χ3v) is 1.31. The standard InChI is InChI=1S/C6H14N3O/c7-4-2-1-3-5(8)6(9)10/h5,9H,1-4,7-8H2. The van der Waals surface area contributed by atoms with E-state index in [1.54, 1.807) is 0 Å². The van der Waals surface area contributed by atoms with Gasteiger partial charge in [-0.3, -0.25) is 10.5 Å². The highest BCUT2D eigenvalue weighted by atomic mass is 16.1. The highest BCUT2D eigenvalue weighted by Gasteiger charge is 2.07. The van der Waals surface area contributed by atoms with Gasteiger partial charge in [0, 0.05) is 0 Å². The van der Waals surface area contributed by atoms with Crippen LogP contribution >= 0.6 is 0 Å². The Morgan fingerprint density at radius 1 is 1.50 bits per heavy atom. The van der Waals surface area contributed by atoms with Crippen LogP contribution in [-0.4, -0.2) is 18.5 Å². The molecule has 0 aromatic carbocycles. The fraction of sp³-hybridized carbons (Fsp3) is 0.833. The SMILES string of the molecule is [NH]C(=O)C(N)CCCCN. The fourth-order valence-corrected chi connectivity index (χ4v) is 0.640. The first-order valence-electron chi connectivity index (χ1n) is 3.39. The van der Waals surface area contributed by atoms with Crippen LogP contribution in [-0.2, 0) is 4.79 Å². The molecular formula is C6H14N3O. The Morgan fingerprint density at radius 2 is 2.10 bits per heavy atom. The maximum Gasteiger partial charge on any atom is 0.255 e. The lowest BCUT2D eigenvalue weighted by Gasteiger charge is -2.03. The second-order valence-electron chi connectivity index (χ2n) is 2.26. The normalized spacial score (nSPS) is 13.0. The van der Waals surface area contributed by atoms with Crippen molar-refractivity contribution in [2.45, 2.75) is 25.3 Å². The fourth-order valence-electron chi connectivity index (χ4n) is 0.640. The van der Waals surface area contributed by atoms with E-state index >= 15 is 0 Å². The van der Waals surface area contributed by atoms with Crippen molar-refractivity contribution in [1.82, 2.24) is 5.73 Å². The van der Waals surface area contributed by atoms with Crippen molar-refractivity contribution in [2.75, 3.05) is 6.54 Å². The Hall–Kier alpha value is -0.610. The van der Waals surface area contributed by atoms with E-state index in [0.717, 1.165) is 12.8 Å². The van der Waals surface area contributed by atoms with Crippen LogP contribution < -0.4 is 17.2 Å². The van der Waals surface area contributed by atoms with Crippen LogP contribution in [0.15, 0.2) is 0 Å². The monoisotopic (exact) mass is 144 g/mol. The number of rotatable bonds is 5. The van der Waals surface area contributed by atoms with Gasteiger partial charge in [0.15, 0.2) is 0 Å². The molecule has 0 aliphatic rings. The average molecular weight is 144 g/mol. The van der Waals surface area contributed by atoms with Gasteiger partial charge in [-0.05, 0) is 19.4 Å². The van der Waals surface area contributed by atoms with Crippen LogP contribution in [0.25, 0.3) is 0 Å². The molecule has 4 nitrogen and oxygen atoms in total. The van der Waals surface area contributed by atoms with Crippen LogP contribution in [0.1, 0.15) is 19.3 Å². The highest BCUT2D eigenvalue weighted by molar-refractivity contribution is 5.78. The van der Waals surface area contributed by atoms with E-state index in [2.05, 4.69) is 0 Å². The Kier molecular flexibility index (Phi) is 4.88. The zero-order valence-electron chi connectivity index (χ0n) is 5.97. The second-order valence-corrected chi connectivity index (χ2v) is 2.26. The second kappa shape index (κ2) is 5.20. The maximum absolute atomic E-state index is 10.2. The van der Waals surface area contributed by atoms with Gasteiger partial charge in [-0.15, -0.1) is 0 Å². The average Bonchev–Trinajstić information content (AvgIpc) is 1.88. The van der Waals surface area contributed by atoms with Crippen molar-refractivity contribution in [3.63, 3.8) is 0 Å². The topological polar surface area (TPSA) is 92.9 Å². The third kappa shape index (κ3) is 4.29. The molecule has 0 saturated heterocycles. The van der Waals surface area contributed by atoms with E-state index in [1.807, 2.05) is 0 Å². The zero-order valence-corrected chi connectivity index (χ0v) is 5.97. The molecule has 0 fully saturated rings. The number of nitrogens with one attached hydrogen (secondary N) is 1. The van der Waals surface area contributed by atoms with Gasteiger partial charge in [0.05, 0.1) is 6.04 Å². The number of carbonyl (C=O) groups excluding carboxylic acids is 1. The van der Waals surface area contributed by atoms with Crippen molar-refractivity contribution in [3.8, 4) is 0 Å². The predicted molar refractivity (Wildman–Crippen MR) is 39.0 cm³/mol. The minimum atomic E-state index is -0.683. The number of nitrogens with two attached hydrogens (primary N) is 2. The molecule has 0 aliphatic heterocycles. The number of carbonyl (C=O) groups is 1. The Bertz CT molecular complexity index is 105. The molecule has 10 heavy (non-hydrogen) atoms. The molecule has 0 saturated carbocycles. The minimum Gasteiger partial charge on any atom is -0.330 e. The molecule has 0 aromatic heterocycles. The zero-order chi connectivity index (χ0) is 7.98. The minimum absolute atomic E-state index is 0.583. The maximum atomic E-state index is 10.2. The quantitative estimate of drug-likeness (QED) is 0.497. The van der Waals surface area contributed by atoms with Crippen molar-refractivity contribution >= 4 is 5.91 Å². The summed E-state index contributed by atoms with van der Waals surface area (Å²) >= 11 is 0. The molecule has 0 aliphatic carbocycles. The van der Waals surface area contributed by atoms with Gasteiger partial charge in [0.25, 0.3) is 5.91 Å². The summed E-state index contributed by atoms with van der Waals surface area (Å²) in [6.07, 6.45) is 2.29. The van der Waals surface area contributed by atoms with Gasteiger partial charge >= 0.3 is 0 Å². The molecule has 1 radical (unpaired) electrons. The first kappa shape index (κ1) is 9.39. The molecule has 0 bridgehead atoms. The molecule has 0 spiro atoms. The summed E-state index contributed by atoms with van der Waals surface area (Å²) in [7, 11) is 0. The summed E-state index contributed by atoms with van der Waals surface area (Å²) in [4.78, 5) is 10.2. The van der Waals surface area contributed by atoms with Crippen LogP contribution in [0, 0.1) is 0 Å². The van der Waals surface area contributed by atoms with E-state index in [0.29, 0.717) is 13.0 Å². The van der Waals surface area contributed by atoms with Crippen molar-refractivity contribution in [1.29, 1.82) is 0 Å². The van der Waals surface area contributed by atoms with Crippen LogP contribution in [0.2, 0.25) is 0 Å². The predicted octanol–water partition coefficient (Wildman–Crippen LogP) is -0.748. The van der Waals surface area contributed by atoms with Gasteiger partial charge in [0.1, 0.15) is 0 Å². The molecule has 0 rings (SSSR count). The van der Waals surface area contributed by atoms with E-state index in [4.69, 9.17) is 17.2 Å². The summed E-state index contributed by atoms with van der Waals surface area (Å²) in [5.41, 5.74) is 17.1. The molecule has 5 N–H and O–H groups in total. The Balaban J connectivity index is 3.21. The summed E-state index contributed by atoms with van der Waals surface area (Å²) in [6.45, 7) is 0.624. The number of unbranched alkanes of at least 4 members (excludes halogenated alkanes) is 1. The van der Waals surface area contributed by atoms with Gasteiger partial charge in [-0.2, -0.15) is 0 Å². The summed E-state index contributed by atoms with van der Waals surface area (Å²) in [5.74, 6) is -0.683. The van der Waals surface area contributed by atoms with Gasteiger partial charge in [0.2, 0.25) is 0 Å². The molecule has 0 aromatic rings. The van der Waals surface area contributed by atoms with E-state index in [1.165, 1.54) is 0 Å². The lowest BCUT2D eigenvalue weighted by molar-refractivity contribution is -0.120. The molecule has 59 valence electrons. The van der Waals surface area contributed by atoms with Gasteiger partial charge in [-0.25, -0.2) is 0 Å². The largest absolute Gasteiger partial charge is 0.330 e. The number of hydrogen-bond acceptors (Lipinski definition) is 3. The molecule has 1 amide bonds. The van der Waals surface area contributed by atoms with Crippen molar-refractivity contribution in [2.24, 2.45) is 11.5 Å². The molecular weight excluding hydrogens is 130 g/mol. The van der Waals surface area contributed by atoms with Gasteiger partial charge < -0.3 is 11.5 Å². The van der Waals surface area contributed by atoms with Gasteiger partial charge in [-0.1, -0.05) is 6.42 Å². The molecule has 0 heterocycles. The first-order chi connectivity index (χ1) is 4.68. The van der Waals surface area contributed by atoms with E-state index in [9.17, 15) is 4.79 Å².